The molecule has 23 heavy (non-hydrogen) atoms. The highest BCUT2D eigenvalue weighted by Crippen LogP contribution is 2.32. The maximum atomic E-state index is 9.00. The first kappa shape index (κ1) is 13.9. The van der Waals surface area contributed by atoms with E-state index >= 15 is 0 Å². The van der Waals surface area contributed by atoms with Crippen LogP contribution in [0.2, 0.25) is 0 Å². The molecule has 0 spiro atoms. The Kier molecular flexibility index (Phi) is 3.30. The summed E-state index contributed by atoms with van der Waals surface area (Å²) in [4.78, 5) is 0. The van der Waals surface area contributed by atoms with E-state index in [0.717, 1.165) is 16.7 Å². The predicted molar refractivity (Wildman–Crippen MR) is 91.6 cm³/mol. The monoisotopic (exact) mass is 303 g/mol. The van der Waals surface area contributed by atoms with Crippen LogP contribution >= 0.6 is 0 Å². The number of nitrogens with zero attached hydrogens (tertiary/aromatic N) is 1. The lowest BCUT2D eigenvalue weighted by Gasteiger charge is -2.10. The van der Waals surface area contributed by atoms with Crippen LogP contribution in [0, 0.1) is 0 Å². The summed E-state index contributed by atoms with van der Waals surface area (Å²) in [6, 6.07) is 23.7. The smallest absolute Gasteiger partial charge is 0.512 e. The molecule has 4 aromatic rings. The molecule has 0 amide bonds. The topological polar surface area (TPSA) is 54.6 Å². The summed E-state index contributed by atoms with van der Waals surface area (Å²) in [5, 5.41) is 20.3. The third kappa shape index (κ3) is 2.36. The molecule has 0 bridgehead atoms. The summed E-state index contributed by atoms with van der Waals surface area (Å²) in [6.07, 6.45) is 0. The number of hydrogen-bond donors (Lipinski definition) is 2. The number of fused-ring (bicyclic) bond motifs is 3. The van der Waals surface area contributed by atoms with Gasteiger partial charge in [-0.2, -0.15) is 0 Å². The van der Waals surface area contributed by atoms with Gasteiger partial charge >= 0.3 is 7.32 Å². The Labute approximate surface area is 133 Å². The zero-order valence-corrected chi connectivity index (χ0v) is 12.3. The van der Waals surface area contributed by atoms with Crippen molar-refractivity contribution >= 4 is 29.1 Å². The second-order valence-corrected chi connectivity index (χ2v) is 5.31. The van der Waals surface area contributed by atoms with Crippen molar-refractivity contribution in [3.8, 4) is 11.4 Å². The molecule has 0 aliphatic carbocycles. The maximum absolute atomic E-state index is 9.00. The van der Waals surface area contributed by atoms with Gasteiger partial charge in [0.2, 0.25) is 0 Å². The fourth-order valence-electron chi connectivity index (χ4n) is 3.02. The van der Waals surface area contributed by atoms with Crippen molar-refractivity contribution in [1.82, 2.24) is 4.57 Å². The quantitative estimate of drug-likeness (QED) is 0.572. The SMILES string of the molecule is OB(O)Oc1cccc(-n2c3ccccc3c3ccccc32)c1. The van der Waals surface area contributed by atoms with Gasteiger partial charge in [-0.15, -0.1) is 0 Å². The highest BCUT2D eigenvalue weighted by molar-refractivity contribution is 6.33. The van der Waals surface area contributed by atoms with Gasteiger partial charge in [0.1, 0.15) is 5.75 Å². The van der Waals surface area contributed by atoms with Gasteiger partial charge in [-0.1, -0.05) is 42.5 Å². The van der Waals surface area contributed by atoms with Crippen LogP contribution in [0.4, 0.5) is 0 Å². The first-order valence-electron chi connectivity index (χ1n) is 7.35. The van der Waals surface area contributed by atoms with Gasteiger partial charge in [-0.25, -0.2) is 0 Å². The average Bonchev–Trinajstić information content (AvgIpc) is 2.89. The molecular formula is C18H14BNO3. The van der Waals surface area contributed by atoms with Crippen molar-refractivity contribution < 1.29 is 14.7 Å². The molecule has 0 saturated heterocycles. The van der Waals surface area contributed by atoms with Crippen LogP contribution in [-0.4, -0.2) is 21.9 Å². The fourth-order valence-corrected chi connectivity index (χ4v) is 3.02. The summed E-state index contributed by atoms with van der Waals surface area (Å²) in [5.41, 5.74) is 3.09. The fraction of sp³-hybridized carbons (Fsp3) is 0. The van der Waals surface area contributed by atoms with E-state index in [1.54, 1.807) is 12.1 Å². The van der Waals surface area contributed by atoms with Crippen molar-refractivity contribution in [1.29, 1.82) is 0 Å². The second kappa shape index (κ2) is 5.46. The Balaban J connectivity index is 2.01. The van der Waals surface area contributed by atoms with Crippen LogP contribution in [0.5, 0.6) is 5.75 Å². The molecule has 0 fully saturated rings. The van der Waals surface area contributed by atoms with Crippen LogP contribution in [0.15, 0.2) is 72.8 Å². The molecule has 0 unspecified atom stereocenters. The molecule has 4 rings (SSSR count). The van der Waals surface area contributed by atoms with Crippen LogP contribution in [0.3, 0.4) is 0 Å². The molecule has 4 nitrogen and oxygen atoms in total. The van der Waals surface area contributed by atoms with Crippen molar-refractivity contribution in [2.75, 3.05) is 0 Å². The van der Waals surface area contributed by atoms with Crippen LogP contribution in [0.1, 0.15) is 0 Å². The number of benzene rings is 3. The molecule has 0 saturated carbocycles. The minimum absolute atomic E-state index is 0.402. The lowest BCUT2D eigenvalue weighted by Crippen LogP contribution is -2.20. The van der Waals surface area contributed by atoms with Crippen LogP contribution < -0.4 is 4.65 Å². The molecule has 112 valence electrons. The molecule has 0 aliphatic rings. The molecular weight excluding hydrogens is 289 g/mol. The normalized spacial score (nSPS) is 11.0. The minimum atomic E-state index is -1.83. The van der Waals surface area contributed by atoms with Gasteiger partial charge in [0.05, 0.1) is 11.0 Å². The molecule has 5 heteroatoms. The number of aromatic nitrogens is 1. The van der Waals surface area contributed by atoms with Crippen molar-refractivity contribution in [2.24, 2.45) is 0 Å². The summed E-state index contributed by atoms with van der Waals surface area (Å²) < 4.78 is 7.11. The molecule has 1 aromatic heterocycles. The molecule has 0 aliphatic heterocycles. The number of hydrogen-bond acceptors (Lipinski definition) is 3. The molecule has 3 aromatic carbocycles. The highest BCUT2D eigenvalue weighted by atomic mass is 16.6. The third-order valence-electron chi connectivity index (χ3n) is 3.90. The summed E-state index contributed by atoms with van der Waals surface area (Å²) in [5.74, 6) is 0.402. The highest BCUT2D eigenvalue weighted by Gasteiger charge is 2.14. The molecule has 0 radical (unpaired) electrons. The third-order valence-corrected chi connectivity index (χ3v) is 3.90. The van der Waals surface area contributed by atoms with Crippen molar-refractivity contribution in [2.45, 2.75) is 0 Å². The van der Waals surface area contributed by atoms with Gasteiger partial charge in [0, 0.05) is 22.5 Å². The van der Waals surface area contributed by atoms with Crippen LogP contribution in [-0.2, 0) is 0 Å². The van der Waals surface area contributed by atoms with Crippen molar-refractivity contribution in [3.63, 3.8) is 0 Å². The van der Waals surface area contributed by atoms with E-state index in [0.29, 0.717) is 5.75 Å². The van der Waals surface area contributed by atoms with Gasteiger partial charge in [-0.05, 0) is 24.3 Å². The Morgan fingerprint density at radius 2 is 1.35 bits per heavy atom. The van der Waals surface area contributed by atoms with Gasteiger partial charge in [0.25, 0.3) is 0 Å². The predicted octanol–water partition coefficient (Wildman–Crippen LogP) is 3.13. The molecule has 0 atom stereocenters. The standard InChI is InChI=1S/C18H14BNO3/c21-19(22)23-14-7-5-6-13(12-14)20-17-10-3-1-8-15(17)16-9-2-4-11-18(16)20/h1-12,21-22H. The van der Waals surface area contributed by atoms with E-state index in [4.69, 9.17) is 14.7 Å². The summed E-state index contributed by atoms with van der Waals surface area (Å²) in [7, 11) is -1.83. The van der Waals surface area contributed by atoms with E-state index in [2.05, 4.69) is 28.8 Å². The average molecular weight is 303 g/mol. The maximum Gasteiger partial charge on any atom is 0.707 e. The Morgan fingerprint density at radius 3 is 1.96 bits per heavy atom. The van der Waals surface area contributed by atoms with E-state index in [9.17, 15) is 0 Å². The number of para-hydroxylation sites is 2. The molecule has 1 heterocycles. The minimum Gasteiger partial charge on any atom is -0.512 e. The van der Waals surface area contributed by atoms with Crippen LogP contribution in [0.25, 0.3) is 27.5 Å². The Bertz CT molecular complexity index is 941. The van der Waals surface area contributed by atoms with Gasteiger partial charge < -0.3 is 19.3 Å². The largest absolute Gasteiger partial charge is 0.707 e. The number of rotatable bonds is 3. The lowest BCUT2D eigenvalue weighted by atomic mass is 10.2. The zero-order chi connectivity index (χ0) is 15.8. The lowest BCUT2D eigenvalue weighted by molar-refractivity contribution is 0.288. The van der Waals surface area contributed by atoms with Gasteiger partial charge in [0.15, 0.2) is 0 Å². The van der Waals surface area contributed by atoms with Gasteiger partial charge in [-0.3, -0.25) is 0 Å². The van der Waals surface area contributed by atoms with E-state index in [1.807, 2.05) is 36.4 Å². The van der Waals surface area contributed by atoms with Crippen molar-refractivity contribution in [3.05, 3.63) is 72.8 Å². The zero-order valence-electron chi connectivity index (χ0n) is 12.3. The summed E-state index contributed by atoms with van der Waals surface area (Å²) >= 11 is 0. The van der Waals surface area contributed by atoms with E-state index < -0.39 is 7.32 Å². The Morgan fingerprint density at radius 1 is 0.739 bits per heavy atom. The Hall–Kier alpha value is -2.76. The first-order chi connectivity index (χ1) is 11.2. The molecule has 2 N–H and O–H groups in total. The van der Waals surface area contributed by atoms with E-state index in [1.165, 1.54) is 10.8 Å². The second-order valence-electron chi connectivity index (χ2n) is 5.31. The van der Waals surface area contributed by atoms with E-state index in [-0.39, 0.29) is 0 Å². The first-order valence-corrected chi connectivity index (χ1v) is 7.35. The summed E-state index contributed by atoms with van der Waals surface area (Å²) in [6.45, 7) is 0.